The molecule has 39 heavy (non-hydrogen) atoms. The van der Waals surface area contributed by atoms with Gasteiger partial charge in [-0.25, -0.2) is 10.3 Å². The highest BCUT2D eigenvalue weighted by Gasteiger charge is 2.20. The molecule has 1 unspecified atom stereocenters. The summed E-state index contributed by atoms with van der Waals surface area (Å²) in [7, 11) is 0. The number of carbonyl (C=O) groups excluding carboxylic acids is 2. The largest absolute Gasteiger partial charge is 0.488 e. The van der Waals surface area contributed by atoms with Crippen molar-refractivity contribution < 1.29 is 23.9 Å². The van der Waals surface area contributed by atoms with E-state index in [9.17, 15) is 9.59 Å². The Balaban J connectivity index is 1.29. The quantitative estimate of drug-likeness (QED) is 0.265. The SMILES string of the molecule is O=C(NC1CCCCC1)C(=Cc1ccc(C(=O)NOC2CCCCO2)cc1)COc1cccc2ccccc12. The van der Waals surface area contributed by atoms with E-state index in [-0.39, 0.29) is 24.5 Å². The van der Waals surface area contributed by atoms with Gasteiger partial charge in [0.15, 0.2) is 6.29 Å². The van der Waals surface area contributed by atoms with Crippen LogP contribution in [0.15, 0.2) is 72.3 Å². The first-order valence-electron chi connectivity index (χ1n) is 14.0. The van der Waals surface area contributed by atoms with Crippen molar-refractivity contribution in [3.63, 3.8) is 0 Å². The highest BCUT2D eigenvalue weighted by atomic mass is 16.8. The number of ether oxygens (including phenoxy) is 2. The van der Waals surface area contributed by atoms with Crippen molar-refractivity contribution in [1.82, 2.24) is 10.8 Å². The lowest BCUT2D eigenvalue weighted by molar-refractivity contribution is -0.186. The molecule has 1 heterocycles. The number of carbonyl (C=O) groups is 2. The van der Waals surface area contributed by atoms with Crippen LogP contribution in [0.3, 0.4) is 0 Å². The minimum absolute atomic E-state index is 0.121. The molecule has 0 bridgehead atoms. The average Bonchev–Trinajstić information content (AvgIpc) is 2.99. The molecule has 1 aliphatic carbocycles. The number of nitrogens with one attached hydrogen (secondary N) is 2. The van der Waals surface area contributed by atoms with Gasteiger partial charge in [-0.1, -0.05) is 67.8 Å². The molecule has 1 aliphatic heterocycles. The number of amides is 2. The number of fused-ring (bicyclic) bond motifs is 1. The lowest BCUT2D eigenvalue weighted by Crippen LogP contribution is -2.38. The molecule has 5 rings (SSSR count). The first-order chi connectivity index (χ1) is 19.2. The second-order valence-electron chi connectivity index (χ2n) is 10.2. The number of hydrogen-bond acceptors (Lipinski definition) is 5. The zero-order chi connectivity index (χ0) is 26.9. The van der Waals surface area contributed by atoms with Gasteiger partial charge in [0.2, 0.25) is 0 Å². The molecule has 2 aliphatic rings. The van der Waals surface area contributed by atoms with Gasteiger partial charge < -0.3 is 14.8 Å². The topological polar surface area (TPSA) is 85.9 Å². The number of hydrogen-bond donors (Lipinski definition) is 2. The minimum Gasteiger partial charge on any atom is -0.488 e. The Bertz CT molecular complexity index is 1290. The van der Waals surface area contributed by atoms with Gasteiger partial charge in [0.25, 0.3) is 11.8 Å². The van der Waals surface area contributed by atoms with Gasteiger partial charge in [0, 0.05) is 30.0 Å². The van der Waals surface area contributed by atoms with Crippen LogP contribution in [-0.2, 0) is 14.4 Å². The lowest BCUT2D eigenvalue weighted by atomic mass is 9.95. The highest BCUT2D eigenvalue weighted by molar-refractivity contribution is 5.99. The van der Waals surface area contributed by atoms with Gasteiger partial charge in [-0.15, -0.1) is 0 Å². The third kappa shape index (κ3) is 7.46. The van der Waals surface area contributed by atoms with E-state index in [1.165, 1.54) is 6.42 Å². The second-order valence-corrected chi connectivity index (χ2v) is 10.2. The molecule has 1 atom stereocenters. The van der Waals surface area contributed by atoms with E-state index < -0.39 is 6.29 Å². The Morgan fingerprint density at radius 2 is 1.64 bits per heavy atom. The molecule has 3 aromatic carbocycles. The zero-order valence-corrected chi connectivity index (χ0v) is 22.2. The molecule has 1 saturated heterocycles. The standard InChI is InChI=1S/C32H36N2O5/c35-31(33-27-11-2-1-3-12-27)26(22-38-29-14-8-10-24-9-4-5-13-28(24)29)21-23-16-18-25(19-17-23)32(36)34-39-30-15-6-7-20-37-30/h4-5,8-10,13-14,16-19,21,27,30H,1-3,6-7,11-12,15,20,22H2,(H,33,35)(H,34,36). The second kappa shape index (κ2) is 13.4. The summed E-state index contributed by atoms with van der Waals surface area (Å²) in [6.07, 6.45) is 9.71. The van der Waals surface area contributed by atoms with Crippen molar-refractivity contribution in [2.45, 2.75) is 63.7 Å². The fourth-order valence-corrected chi connectivity index (χ4v) is 5.09. The number of hydroxylamine groups is 1. The summed E-state index contributed by atoms with van der Waals surface area (Å²) in [5, 5.41) is 5.30. The van der Waals surface area contributed by atoms with E-state index in [0.717, 1.165) is 67.0 Å². The first-order valence-corrected chi connectivity index (χ1v) is 14.0. The summed E-state index contributed by atoms with van der Waals surface area (Å²) in [5.74, 6) is 0.275. The Hall–Kier alpha value is -3.68. The predicted molar refractivity (Wildman–Crippen MR) is 151 cm³/mol. The summed E-state index contributed by atoms with van der Waals surface area (Å²) < 4.78 is 11.7. The molecule has 204 valence electrons. The number of rotatable bonds is 9. The third-order valence-electron chi connectivity index (χ3n) is 7.30. The normalized spacial score (nSPS) is 18.5. The maximum atomic E-state index is 13.4. The molecule has 0 spiro atoms. The molecule has 1 saturated carbocycles. The van der Waals surface area contributed by atoms with Gasteiger partial charge in [0.1, 0.15) is 12.4 Å². The molecule has 2 amide bonds. The fraction of sp³-hybridized carbons (Fsp3) is 0.375. The van der Waals surface area contributed by atoms with Crippen LogP contribution in [0.2, 0.25) is 0 Å². The van der Waals surface area contributed by atoms with Crippen molar-refractivity contribution in [2.75, 3.05) is 13.2 Å². The van der Waals surface area contributed by atoms with Gasteiger partial charge in [-0.2, -0.15) is 0 Å². The highest BCUT2D eigenvalue weighted by Crippen LogP contribution is 2.26. The van der Waals surface area contributed by atoms with E-state index in [1.807, 2.05) is 60.7 Å². The predicted octanol–water partition coefficient (Wildman–Crippen LogP) is 5.94. The van der Waals surface area contributed by atoms with Crippen LogP contribution in [0.4, 0.5) is 0 Å². The monoisotopic (exact) mass is 528 g/mol. The molecule has 7 nitrogen and oxygen atoms in total. The Morgan fingerprint density at radius 1 is 0.872 bits per heavy atom. The molecule has 2 fully saturated rings. The Kier molecular flexibility index (Phi) is 9.25. The number of benzene rings is 3. The Morgan fingerprint density at radius 3 is 2.44 bits per heavy atom. The maximum Gasteiger partial charge on any atom is 0.274 e. The molecule has 0 radical (unpaired) electrons. The van der Waals surface area contributed by atoms with Crippen molar-refractivity contribution >= 4 is 28.7 Å². The molecule has 3 aromatic rings. The van der Waals surface area contributed by atoms with Crippen molar-refractivity contribution in [3.05, 3.63) is 83.4 Å². The Labute approximate surface area is 229 Å². The van der Waals surface area contributed by atoms with Crippen LogP contribution < -0.4 is 15.5 Å². The van der Waals surface area contributed by atoms with Gasteiger partial charge in [0.05, 0.1) is 5.57 Å². The van der Waals surface area contributed by atoms with E-state index in [0.29, 0.717) is 17.7 Å². The molecule has 2 N–H and O–H groups in total. The summed E-state index contributed by atoms with van der Waals surface area (Å²) in [6, 6.07) is 21.2. The van der Waals surface area contributed by atoms with Crippen LogP contribution >= 0.6 is 0 Å². The molecular formula is C32H36N2O5. The molecule has 7 heteroatoms. The van der Waals surface area contributed by atoms with Gasteiger partial charge in [-0.3, -0.25) is 9.59 Å². The van der Waals surface area contributed by atoms with Crippen molar-refractivity contribution in [3.8, 4) is 5.75 Å². The van der Waals surface area contributed by atoms with Crippen LogP contribution in [0, 0.1) is 0 Å². The fourth-order valence-electron chi connectivity index (χ4n) is 5.09. The van der Waals surface area contributed by atoms with Crippen molar-refractivity contribution in [2.24, 2.45) is 0 Å². The summed E-state index contributed by atoms with van der Waals surface area (Å²) in [4.78, 5) is 31.3. The van der Waals surface area contributed by atoms with E-state index in [4.69, 9.17) is 14.3 Å². The van der Waals surface area contributed by atoms with Crippen LogP contribution in [0.25, 0.3) is 16.8 Å². The van der Waals surface area contributed by atoms with E-state index in [1.54, 1.807) is 12.1 Å². The maximum absolute atomic E-state index is 13.4. The van der Waals surface area contributed by atoms with Crippen LogP contribution in [0.1, 0.15) is 67.3 Å². The first kappa shape index (κ1) is 26.9. The molecule has 0 aromatic heterocycles. The lowest BCUT2D eigenvalue weighted by Gasteiger charge is -2.23. The third-order valence-corrected chi connectivity index (χ3v) is 7.30. The summed E-state index contributed by atoms with van der Waals surface area (Å²) in [5.41, 5.74) is 4.28. The van der Waals surface area contributed by atoms with Gasteiger partial charge in [-0.05, 0) is 60.9 Å². The van der Waals surface area contributed by atoms with Crippen LogP contribution in [-0.4, -0.2) is 37.4 Å². The van der Waals surface area contributed by atoms with Gasteiger partial charge >= 0.3 is 0 Å². The van der Waals surface area contributed by atoms with Crippen LogP contribution in [0.5, 0.6) is 5.75 Å². The summed E-state index contributed by atoms with van der Waals surface area (Å²) in [6.45, 7) is 0.770. The van der Waals surface area contributed by atoms with Crippen molar-refractivity contribution in [1.29, 1.82) is 0 Å². The smallest absolute Gasteiger partial charge is 0.274 e. The zero-order valence-electron chi connectivity index (χ0n) is 22.2. The average molecular weight is 529 g/mol. The minimum atomic E-state index is -0.406. The molecular weight excluding hydrogens is 492 g/mol. The van der Waals surface area contributed by atoms with E-state index >= 15 is 0 Å². The summed E-state index contributed by atoms with van der Waals surface area (Å²) >= 11 is 0. The van der Waals surface area contributed by atoms with E-state index in [2.05, 4.69) is 10.8 Å².